The highest BCUT2D eigenvalue weighted by atomic mass is 19.4. The number of hydrogen-bond donors (Lipinski definition) is 0. The van der Waals surface area contributed by atoms with E-state index in [1.807, 2.05) is 19.1 Å². The van der Waals surface area contributed by atoms with Crippen molar-refractivity contribution in [3.8, 4) is 11.1 Å². The SMILES string of the molecule is Cc1ccc(-c2c(C(=O)N(C)Cc3cc(C(F)(F)F)cc(C(F)(F)F)c3)n(C)c(=O)c3cnccc23)cc1. The van der Waals surface area contributed by atoms with Crippen LogP contribution in [-0.2, 0) is 25.9 Å². The molecule has 4 rings (SSSR count). The summed E-state index contributed by atoms with van der Waals surface area (Å²) in [6.45, 7) is 1.30. The molecule has 0 fully saturated rings. The Kier molecular flexibility index (Phi) is 6.81. The average molecular weight is 533 g/mol. The van der Waals surface area contributed by atoms with Gasteiger partial charge < -0.3 is 9.47 Å². The number of halogens is 6. The van der Waals surface area contributed by atoms with Crippen LogP contribution in [0.3, 0.4) is 0 Å². The second kappa shape index (κ2) is 9.62. The van der Waals surface area contributed by atoms with Gasteiger partial charge in [-0.15, -0.1) is 0 Å². The maximum atomic E-state index is 13.7. The zero-order valence-electron chi connectivity index (χ0n) is 20.4. The normalized spacial score (nSPS) is 12.1. The summed E-state index contributed by atoms with van der Waals surface area (Å²) in [6, 6.07) is 9.89. The Morgan fingerprint density at radius 3 is 2.05 bits per heavy atom. The molecule has 2 aromatic carbocycles. The summed E-state index contributed by atoms with van der Waals surface area (Å²) in [7, 11) is 2.62. The molecule has 0 aliphatic rings. The molecule has 0 saturated heterocycles. The first-order valence-electron chi connectivity index (χ1n) is 11.3. The third-order valence-electron chi connectivity index (χ3n) is 6.15. The van der Waals surface area contributed by atoms with Crippen molar-refractivity contribution in [3.05, 3.63) is 99.2 Å². The van der Waals surface area contributed by atoms with E-state index in [2.05, 4.69) is 4.98 Å². The lowest BCUT2D eigenvalue weighted by atomic mass is 9.96. The summed E-state index contributed by atoms with van der Waals surface area (Å²) in [5.74, 6) is -0.759. The van der Waals surface area contributed by atoms with E-state index >= 15 is 0 Å². The minimum atomic E-state index is -5.02. The molecule has 0 bridgehead atoms. The van der Waals surface area contributed by atoms with Crippen LogP contribution in [0.1, 0.15) is 32.7 Å². The summed E-state index contributed by atoms with van der Waals surface area (Å²) < 4.78 is 81.0. The average Bonchev–Trinajstić information content (AvgIpc) is 2.85. The molecule has 5 nitrogen and oxygen atoms in total. The number of carbonyl (C=O) groups excluding carboxylic acids is 1. The minimum Gasteiger partial charge on any atom is -0.336 e. The first kappa shape index (κ1) is 26.9. The Morgan fingerprint density at radius 2 is 1.50 bits per heavy atom. The van der Waals surface area contributed by atoms with Gasteiger partial charge in [-0.1, -0.05) is 29.8 Å². The number of hydrogen-bond acceptors (Lipinski definition) is 3. The molecule has 0 aliphatic carbocycles. The van der Waals surface area contributed by atoms with E-state index in [0.717, 1.165) is 15.0 Å². The number of amides is 1. The van der Waals surface area contributed by atoms with Gasteiger partial charge in [-0.25, -0.2) is 0 Å². The zero-order chi connectivity index (χ0) is 28.0. The van der Waals surface area contributed by atoms with Crippen molar-refractivity contribution in [1.29, 1.82) is 0 Å². The second-order valence-electron chi connectivity index (χ2n) is 8.95. The maximum Gasteiger partial charge on any atom is 0.416 e. The summed E-state index contributed by atoms with van der Waals surface area (Å²) in [6.07, 6.45) is -7.21. The predicted octanol–water partition coefficient (Wildman–Crippen LogP) is 6.22. The van der Waals surface area contributed by atoms with Crippen molar-refractivity contribution in [2.45, 2.75) is 25.8 Å². The van der Waals surface area contributed by atoms with Crippen LogP contribution in [0.2, 0.25) is 0 Å². The molecule has 0 unspecified atom stereocenters. The molecule has 0 radical (unpaired) electrons. The van der Waals surface area contributed by atoms with Crippen molar-refractivity contribution in [2.75, 3.05) is 7.05 Å². The Hall–Kier alpha value is -4.15. The minimum absolute atomic E-state index is 0.0297. The lowest BCUT2D eigenvalue weighted by Gasteiger charge is -2.23. The molecular weight excluding hydrogens is 512 g/mol. The van der Waals surface area contributed by atoms with Crippen LogP contribution in [-0.4, -0.2) is 27.4 Å². The maximum absolute atomic E-state index is 13.7. The summed E-state index contributed by atoms with van der Waals surface area (Å²) in [5, 5.41) is 0.680. The van der Waals surface area contributed by atoms with Crippen molar-refractivity contribution >= 4 is 16.7 Å². The van der Waals surface area contributed by atoms with Gasteiger partial charge in [0.15, 0.2) is 0 Å². The predicted molar refractivity (Wildman–Crippen MR) is 129 cm³/mol. The van der Waals surface area contributed by atoms with Gasteiger partial charge in [0, 0.05) is 44.0 Å². The third kappa shape index (κ3) is 5.13. The highest BCUT2D eigenvalue weighted by Gasteiger charge is 2.37. The molecule has 0 saturated carbocycles. The summed E-state index contributed by atoms with van der Waals surface area (Å²) in [5.41, 5.74) is -1.99. The molecule has 2 heterocycles. The van der Waals surface area contributed by atoms with Crippen LogP contribution in [0.25, 0.3) is 21.9 Å². The Morgan fingerprint density at radius 1 is 0.921 bits per heavy atom. The molecule has 198 valence electrons. The van der Waals surface area contributed by atoms with Crippen LogP contribution < -0.4 is 5.56 Å². The molecule has 4 aromatic rings. The second-order valence-corrected chi connectivity index (χ2v) is 8.95. The fraction of sp³-hybridized carbons (Fsp3) is 0.222. The zero-order valence-corrected chi connectivity index (χ0v) is 20.4. The number of benzene rings is 2. The van der Waals surface area contributed by atoms with E-state index in [4.69, 9.17) is 0 Å². The molecule has 11 heteroatoms. The molecule has 2 aromatic heterocycles. The van der Waals surface area contributed by atoms with E-state index in [1.165, 1.54) is 26.5 Å². The highest BCUT2D eigenvalue weighted by Crippen LogP contribution is 2.37. The van der Waals surface area contributed by atoms with Gasteiger partial charge >= 0.3 is 12.4 Å². The number of pyridine rings is 2. The lowest BCUT2D eigenvalue weighted by molar-refractivity contribution is -0.143. The first-order valence-corrected chi connectivity index (χ1v) is 11.3. The fourth-order valence-corrected chi connectivity index (χ4v) is 4.26. The third-order valence-corrected chi connectivity index (χ3v) is 6.15. The van der Waals surface area contributed by atoms with Gasteiger partial charge in [0.2, 0.25) is 0 Å². The van der Waals surface area contributed by atoms with Gasteiger partial charge in [-0.2, -0.15) is 26.3 Å². The van der Waals surface area contributed by atoms with Crippen molar-refractivity contribution in [3.63, 3.8) is 0 Å². The van der Waals surface area contributed by atoms with Gasteiger partial charge in [0.05, 0.1) is 16.5 Å². The Balaban J connectivity index is 1.86. The van der Waals surface area contributed by atoms with Crippen molar-refractivity contribution in [2.24, 2.45) is 7.05 Å². The lowest BCUT2D eigenvalue weighted by Crippen LogP contribution is -2.33. The van der Waals surface area contributed by atoms with E-state index in [0.29, 0.717) is 28.6 Å². The molecule has 0 spiro atoms. The fourth-order valence-electron chi connectivity index (χ4n) is 4.26. The van der Waals surface area contributed by atoms with Crippen LogP contribution in [0, 0.1) is 6.92 Å². The number of alkyl halides is 6. The van der Waals surface area contributed by atoms with Gasteiger partial charge in [-0.3, -0.25) is 14.6 Å². The molecule has 1 amide bonds. The van der Waals surface area contributed by atoms with E-state index in [1.54, 1.807) is 18.2 Å². The topological polar surface area (TPSA) is 55.2 Å². The molecular formula is C27H21F6N3O2. The monoisotopic (exact) mass is 533 g/mol. The number of aryl methyl sites for hydroxylation is 1. The standard InChI is InChI=1S/C27H21F6N3O2/c1-15-4-6-17(7-5-15)22-20-8-9-34-13-21(20)24(37)36(3)23(22)25(38)35(2)14-16-10-18(26(28,29)30)12-19(11-16)27(31,32)33/h4-13H,14H2,1-3H3. The van der Waals surface area contributed by atoms with Crippen LogP contribution in [0.4, 0.5) is 26.3 Å². The Labute approximate surface area is 213 Å². The van der Waals surface area contributed by atoms with E-state index < -0.39 is 41.5 Å². The number of nitrogens with zero attached hydrogens (tertiary/aromatic N) is 3. The Bertz CT molecular complexity index is 1560. The highest BCUT2D eigenvalue weighted by molar-refractivity contribution is 6.08. The van der Waals surface area contributed by atoms with Gasteiger partial charge in [-0.05, 0) is 42.3 Å². The molecule has 0 N–H and O–H groups in total. The largest absolute Gasteiger partial charge is 0.416 e. The van der Waals surface area contributed by atoms with Crippen LogP contribution in [0.5, 0.6) is 0 Å². The molecule has 0 aliphatic heterocycles. The van der Waals surface area contributed by atoms with Crippen LogP contribution >= 0.6 is 0 Å². The van der Waals surface area contributed by atoms with E-state index in [-0.39, 0.29) is 22.7 Å². The van der Waals surface area contributed by atoms with Crippen molar-refractivity contribution < 1.29 is 31.1 Å². The van der Waals surface area contributed by atoms with Crippen molar-refractivity contribution in [1.82, 2.24) is 14.5 Å². The number of carbonyl (C=O) groups is 1. The quantitative estimate of drug-likeness (QED) is 0.293. The number of fused-ring (bicyclic) bond motifs is 1. The van der Waals surface area contributed by atoms with Crippen LogP contribution in [0.15, 0.2) is 65.7 Å². The first-order chi connectivity index (χ1) is 17.7. The number of aromatic nitrogens is 2. The molecule has 0 atom stereocenters. The summed E-state index contributed by atoms with van der Waals surface area (Å²) in [4.78, 5) is 31.8. The van der Waals surface area contributed by atoms with E-state index in [9.17, 15) is 35.9 Å². The summed E-state index contributed by atoms with van der Waals surface area (Å²) >= 11 is 0. The van der Waals surface area contributed by atoms with Gasteiger partial charge in [0.25, 0.3) is 11.5 Å². The molecule has 38 heavy (non-hydrogen) atoms. The smallest absolute Gasteiger partial charge is 0.336 e. The van der Waals surface area contributed by atoms with Gasteiger partial charge in [0.1, 0.15) is 5.69 Å². The number of rotatable bonds is 4.